The summed E-state index contributed by atoms with van der Waals surface area (Å²) in [5.74, 6) is 1.92. The highest BCUT2D eigenvalue weighted by Crippen LogP contribution is 2.25. The number of pyridine rings is 2. The minimum absolute atomic E-state index is 0.958. The molecule has 2 aromatic heterocycles. The molecule has 4 heteroatoms. The van der Waals surface area contributed by atoms with E-state index in [2.05, 4.69) is 64.1 Å². The number of hydrogen-bond donors (Lipinski definition) is 2. The summed E-state index contributed by atoms with van der Waals surface area (Å²) in [6.07, 6.45) is 6.57. The van der Waals surface area contributed by atoms with Gasteiger partial charge in [-0.25, -0.2) is 9.97 Å². The van der Waals surface area contributed by atoms with Crippen molar-refractivity contribution < 1.29 is 0 Å². The molecule has 0 saturated carbocycles. The highest BCUT2D eigenvalue weighted by Gasteiger charge is 2.02. The summed E-state index contributed by atoms with van der Waals surface area (Å²) in [6.45, 7) is 1.93. The van der Waals surface area contributed by atoms with Crippen LogP contribution in [-0.2, 0) is 0 Å². The number of benzene rings is 2. The summed E-state index contributed by atoms with van der Waals surface area (Å²) < 4.78 is 0. The van der Waals surface area contributed by atoms with E-state index in [4.69, 9.17) is 4.98 Å². The van der Waals surface area contributed by atoms with E-state index in [0.717, 1.165) is 43.1 Å². The molecule has 0 saturated heterocycles. The topological polar surface area (TPSA) is 49.8 Å². The number of aromatic nitrogens is 2. The molecule has 4 aromatic rings. The second-order valence-electron chi connectivity index (χ2n) is 7.03. The van der Waals surface area contributed by atoms with Crippen LogP contribution >= 0.6 is 0 Å². The molecule has 0 aliphatic carbocycles. The van der Waals surface area contributed by atoms with E-state index in [1.54, 1.807) is 0 Å². The van der Waals surface area contributed by atoms with Crippen LogP contribution in [0.4, 0.5) is 11.6 Å². The van der Waals surface area contributed by atoms with Gasteiger partial charge in [0.2, 0.25) is 0 Å². The maximum absolute atomic E-state index is 4.78. The lowest BCUT2D eigenvalue weighted by Gasteiger charge is -2.09. The molecule has 142 valence electrons. The Bertz CT molecular complexity index is 1030. The van der Waals surface area contributed by atoms with Crippen molar-refractivity contribution in [3.8, 4) is 0 Å². The first-order valence-corrected chi connectivity index (χ1v) is 10.1. The normalized spacial score (nSPS) is 11.0. The predicted molar refractivity (Wildman–Crippen MR) is 119 cm³/mol. The van der Waals surface area contributed by atoms with Crippen molar-refractivity contribution in [3.63, 3.8) is 0 Å². The number of fused-ring (bicyclic) bond motifs is 3. The van der Waals surface area contributed by atoms with Crippen molar-refractivity contribution in [2.45, 2.75) is 25.7 Å². The first-order chi connectivity index (χ1) is 13.9. The molecule has 0 aliphatic heterocycles. The lowest BCUT2D eigenvalue weighted by Crippen LogP contribution is -2.05. The second kappa shape index (κ2) is 9.18. The quantitative estimate of drug-likeness (QED) is 0.286. The van der Waals surface area contributed by atoms with E-state index in [0.29, 0.717) is 0 Å². The predicted octanol–water partition coefficient (Wildman–Crippen LogP) is 5.87. The minimum atomic E-state index is 0.958. The Morgan fingerprint density at radius 3 is 2.21 bits per heavy atom. The summed E-state index contributed by atoms with van der Waals surface area (Å²) in [4.78, 5) is 9.05. The largest absolute Gasteiger partial charge is 0.370 e. The van der Waals surface area contributed by atoms with Gasteiger partial charge in [-0.1, -0.05) is 49.2 Å². The Kier molecular flexibility index (Phi) is 5.98. The Hall–Kier alpha value is -3.14. The van der Waals surface area contributed by atoms with Crippen molar-refractivity contribution in [1.29, 1.82) is 0 Å². The van der Waals surface area contributed by atoms with Crippen molar-refractivity contribution in [2.75, 3.05) is 23.7 Å². The third-order valence-electron chi connectivity index (χ3n) is 4.98. The van der Waals surface area contributed by atoms with Crippen LogP contribution in [0.2, 0.25) is 0 Å². The molecule has 0 radical (unpaired) electrons. The number of anilines is 2. The molecule has 28 heavy (non-hydrogen) atoms. The molecule has 0 spiro atoms. The van der Waals surface area contributed by atoms with Gasteiger partial charge in [0.1, 0.15) is 11.6 Å². The Labute approximate surface area is 166 Å². The molecule has 0 amide bonds. The van der Waals surface area contributed by atoms with E-state index >= 15 is 0 Å². The molecule has 0 atom stereocenters. The lowest BCUT2D eigenvalue weighted by molar-refractivity contribution is 0.669. The number of rotatable bonds is 9. The summed E-state index contributed by atoms with van der Waals surface area (Å²) in [7, 11) is 0. The van der Waals surface area contributed by atoms with Gasteiger partial charge < -0.3 is 10.6 Å². The van der Waals surface area contributed by atoms with Gasteiger partial charge >= 0.3 is 0 Å². The van der Waals surface area contributed by atoms with Gasteiger partial charge in [-0.3, -0.25) is 0 Å². The van der Waals surface area contributed by atoms with E-state index in [-0.39, 0.29) is 0 Å². The van der Waals surface area contributed by atoms with Crippen LogP contribution in [0.25, 0.3) is 21.7 Å². The van der Waals surface area contributed by atoms with Crippen molar-refractivity contribution in [3.05, 3.63) is 72.9 Å². The fourth-order valence-electron chi connectivity index (χ4n) is 3.49. The monoisotopic (exact) mass is 370 g/mol. The number of unbranched alkanes of at least 4 members (excludes halogenated alkanes) is 3. The summed E-state index contributed by atoms with van der Waals surface area (Å²) in [6, 6.07) is 22.9. The van der Waals surface area contributed by atoms with Crippen LogP contribution in [0.3, 0.4) is 0 Å². The molecule has 4 rings (SSSR count). The van der Waals surface area contributed by atoms with E-state index in [9.17, 15) is 0 Å². The highest BCUT2D eigenvalue weighted by molar-refractivity contribution is 6.06. The van der Waals surface area contributed by atoms with Gasteiger partial charge in [-0.05, 0) is 53.9 Å². The molecule has 2 N–H and O–H groups in total. The molecule has 0 aliphatic rings. The third-order valence-corrected chi connectivity index (χ3v) is 4.98. The maximum Gasteiger partial charge on any atom is 0.126 e. The molecule has 2 aromatic carbocycles. The number of nitrogens with zero attached hydrogens (tertiary/aromatic N) is 2. The van der Waals surface area contributed by atoms with Gasteiger partial charge in [-0.15, -0.1) is 0 Å². The van der Waals surface area contributed by atoms with Crippen LogP contribution in [0.1, 0.15) is 25.7 Å². The molecule has 0 fully saturated rings. The first kappa shape index (κ1) is 18.2. The van der Waals surface area contributed by atoms with Gasteiger partial charge in [0.15, 0.2) is 0 Å². The highest BCUT2D eigenvalue weighted by atomic mass is 15.0. The zero-order chi connectivity index (χ0) is 19.0. The number of nitrogens with one attached hydrogen (secondary N) is 2. The van der Waals surface area contributed by atoms with Crippen LogP contribution in [0.15, 0.2) is 72.9 Å². The van der Waals surface area contributed by atoms with Crippen LogP contribution in [0, 0.1) is 0 Å². The van der Waals surface area contributed by atoms with Gasteiger partial charge in [0.05, 0.1) is 5.52 Å². The average Bonchev–Trinajstić information content (AvgIpc) is 2.76. The SMILES string of the molecule is c1ccc(NCCCCCCNc2ccc3c(ccc4ccccc43)n2)nc1. The molecule has 4 nitrogen and oxygen atoms in total. The zero-order valence-corrected chi connectivity index (χ0v) is 16.1. The summed E-state index contributed by atoms with van der Waals surface area (Å²) >= 11 is 0. The molecule has 0 bridgehead atoms. The van der Waals surface area contributed by atoms with Crippen LogP contribution < -0.4 is 10.6 Å². The minimum Gasteiger partial charge on any atom is -0.370 e. The second-order valence-corrected chi connectivity index (χ2v) is 7.03. The lowest BCUT2D eigenvalue weighted by atomic mass is 10.1. The zero-order valence-electron chi connectivity index (χ0n) is 16.1. The Balaban J connectivity index is 1.20. The van der Waals surface area contributed by atoms with Crippen LogP contribution in [0.5, 0.6) is 0 Å². The average molecular weight is 371 g/mol. The molecule has 2 heterocycles. The maximum atomic E-state index is 4.78. The van der Waals surface area contributed by atoms with E-state index in [1.807, 2.05) is 24.4 Å². The first-order valence-electron chi connectivity index (χ1n) is 10.1. The van der Waals surface area contributed by atoms with Gasteiger partial charge in [0.25, 0.3) is 0 Å². The standard InChI is InChI=1S/C24H26N4/c1(6-16-25-23-11-5-8-18-26-23)2-7-17-27-24-15-13-21-20-10-4-3-9-19(20)12-14-22(21)28-24/h3-5,8-15,18H,1-2,6-7,16-17H2,(H,25,26)(H,27,28). The Morgan fingerprint density at radius 1 is 0.607 bits per heavy atom. The molecular formula is C24H26N4. The molecule has 0 unspecified atom stereocenters. The van der Waals surface area contributed by atoms with Gasteiger partial charge in [-0.2, -0.15) is 0 Å². The molecular weight excluding hydrogens is 344 g/mol. The van der Waals surface area contributed by atoms with E-state index in [1.165, 1.54) is 29.0 Å². The van der Waals surface area contributed by atoms with Crippen LogP contribution in [-0.4, -0.2) is 23.1 Å². The van der Waals surface area contributed by atoms with Crippen molar-refractivity contribution >= 4 is 33.3 Å². The van der Waals surface area contributed by atoms with E-state index < -0.39 is 0 Å². The summed E-state index contributed by atoms with van der Waals surface area (Å²) in [5.41, 5.74) is 1.05. The third kappa shape index (κ3) is 4.58. The van der Waals surface area contributed by atoms with Crippen molar-refractivity contribution in [1.82, 2.24) is 9.97 Å². The fourth-order valence-corrected chi connectivity index (χ4v) is 3.49. The number of hydrogen-bond acceptors (Lipinski definition) is 4. The van der Waals surface area contributed by atoms with Crippen molar-refractivity contribution in [2.24, 2.45) is 0 Å². The summed E-state index contributed by atoms with van der Waals surface area (Å²) in [5, 5.41) is 10.6. The van der Waals surface area contributed by atoms with Gasteiger partial charge in [0, 0.05) is 24.7 Å². The smallest absolute Gasteiger partial charge is 0.126 e. The fraction of sp³-hybridized carbons (Fsp3) is 0.250. The Morgan fingerprint density at radius 2 is 1.39 bits per heavy atom.